The number of anilines is 1. The molecule has 3 aromatic rings. The first-order valence-electron chi connectivity index (χ1n) is 8.78. The molecule has 1 amide bonds. The smallest absolute Gasteiger partial charge is 0.259 e. The van der Waals surface area contributed by atoms with Gasteiger partial charge in [-0.3, -0.25) is 4.79 Å². The van der Waals surface area contributed by atoms with Gasteiger partial charge in [-0.2, -0.15) is 5.10 Å². The maximum absolute atomic E-state index is 11.9. The summed E-state index contributed by atoms with van der Waals surface area (Å²) in [5.41, 5.74) is 5.26. The number of rotatable bonds is 8. The van der Waals surface area contributed by atoms with Crippen molar-refractivity contribution in [3.63, 3.8) is 0 Å². The zero-order valence-corrected chi connectivity index (χ0v) is 16.7. The number of nitrogens with one attached hydrogen (secondary N) is 2. The molecule has 0 bridgehead atoms. The Balaban J connectivity index is 1.50. The molecule has 0 fully saturated rings. The van der Waals surface area contributed by atoms with Crippen LogP contribution in [0.3, 0.4) is 0 Å². The Bertz CT molecular complexity index is 928. The highest BCUT2D eigenvalue weighted by molar-refractivity contribution is 9.10. The first-order valence-corrected chi connectivity index (χ1v) is 9.57. The zero-order chi connectivity index (χ0) is 19.6. The van der Waals surface area contributed by atoms with E-state index < -0.39 is 0 Å². The van der Waals surface area contributed by atoms with Gasteiger partial charge in [0, 0.05) is 15.7 Å². The monoisotopic (exact) mass is 437 g/mol. The van der Waals surface area contributed by atoms with E-state index in [-0.39, 0.29) is 12.5 Å². The highest BCUT2D eigenvalue weighted by Crippen LogP contribution is 2.17. The molecular formula is C22H20BrN3O2. The molecule has 3 rings (SSSR count). The predicted molar refractivity (Wildman–Crippen MR) is 116 cm³/mol. The third-order valence-electron chi connectivity index (χ3n) is 3.85. The average molecular weight is 438 g/mol. The maximum atomic E-state index is 11.9. The van der Waals surface area contributed by atoms with Gasteiger partial charge >= 0.3 is 0 Å². The van der Waals surface area contributed by atoms with Crippen molar-refractivity contribution in [3.05, 3.63) is 94.5 Å². The minimum absolute atomic E-state index is 0.130. The molecule has 0 saturated heterocycles. The lowest BCUT2D eigenvalue weighted by Crippen LogP contribution is -2.25. The number of benzene rings is 3. The van der Waals surface area contributed by atoms with Crippen LogP contribution in [-0.2, 0) is 11.4 Å². The summed E-state index contributed by atoms with van der Waals surface area (Å²) >= 11 is 3.38. The quantitative estimate of drug-likeness (QED) is 0.400. The normalized spacial score (nSPS) is 10.6. The van der Waals surface area contributed by atoms with Crippen molar-refractivity contribution in [2.75, 3.05) is 11.9 Å². The molecule has 0 spiro atoms. The molecule has 0 saturated carbocycles. The number of amides is 1. The molecule has 0 aliphatic heterocycles. The van der Waals surface area contributed by atoms with Crippen molar-refractivity contribution in [1.29, 1.82) is 0 Å². The average Bonchev–Trinajstić information content (AvgIpc) is 2.73. The molecule has 28 heavy (non-hydrogen) atoms. The van der Waals surface area contributed by atoms with Gasteiger partial charge in [0.1, 0.15) is 12.4 Å². The molecule has 142 valence electrons. The molecule has 0 heterocycles. The highest BCUT2D eigenvalue weighted by atomic mass is 79.9. The molecule has 0 atom stereocenters. The SMILES string of the molecule is O=C(CNc1ccc(Br)cc1)N/N=C/c1ccccc1OCc1ccccc1. The molecule has 5 nitrogen and oxygen atoms in total. The summed E-state index contributed by atoms with van der Waals surface area (Å²) in [7, 11) is 0. The zero-order valence-electron chi connectivity index (χ0n) is 15.1. The second kappa shape index (κ2) is 10.3. The summed E-state index contributed by atoms with van der Waals surface area (Å²) in [5.74, 6) is 0.471. The van der Waals surface area contributed by atoms with Crippen LogP contribution < -0.4 is 15.5 Å². The van der Waals surface area contributed by atoms with Gasteiger partial charge in [0.25, 0.3) is 5.91 Å². The van der Waals surface area contributed by atoms with E-state index in [1.54, 1.807) is 6.21 Å². The summed E-state index contributed by atoms with van der Waals surface area (Å²) < 4.78 is 6.86. The number of ether oxygens (including phenoxy) is 1. The van der Waals surface area contributed by atoms with E-state index >= 15 is 0 Å². The number of hydrazone groups is 1. The third-order valence-corrected chi connectivity index (χ3v) is 4.38. The number of hydrogen-bond donors (Lipinski definition) is 2. The maximum Gasteiger partial charge on any atom is 0.259 e. The van der Waals surface area contributed by atoms with Crippen LogP contribution in [0, 0.1) is 0 Å². The fourth-order valence-corrected chi connectivity index (χ4v) is 2.68. The number of carbonyl (C=O) groups excluding carboxylic acids is 1. The van der Waals surface area contributed by atoms with Crippen LogP contribution in [0.1, 0.15) is 11.1 Å². The van der Waals surface area contributed by atoms with Gasteiger partial charge in [-0.15, -0.1) is 0 Å². The van der Waals surface area contributed by atoms with Crippen LogP contribution in [0.15, 0.2) is 88.4 Å². The number of halogens is 1. The van der Waals surface area contributed by atoms with Crippen LogP contribution in [0.4, 0.5) is 5.69 Å². The predicted octanol–water partition coefficient (Wildman–Crippen LogP) is 4.59. The van der Waals surface area contributed by atoms with E-state index in [2.05, 4.69) is 31.8 Å². The molecule has 0 aliphatic rings. The Morgan fingerprint density at radius 3 is 2.46 bits per heavy atom. The number of nitrogens with zero attached hydrogens (tertiary/aromatic N) is 1. The Kier molecular flexibility index (Phi) is 7.21. The van der Waals surface area contributed by atoms with E-state index in [0.29, 0.717) is 12.4 Å². The summed E-state index contributed by atoms with van der Waals surface area (Å²) in [4.78, 5) is 11.9. The van der Waals surface area contributed by atoms with Crippen LogP contribution in [0.5, 0.6) is 5.75 Å². The summed E-state index contributed by atoms with van der Waals surface area (Å²) in [6, 6.07) is 25.1. The minimum Gasteiger partial charge on any atom is -0.488 e. The molecular weight excluding hydrogens is 418 g/mol. The Hall–Kier alpha value is -3.12. The van der Waals surface area contributed by atoms with Crippen LogP contribution in [0.2, 0.25) is 0 Å². The van der Waals surface area contributed by atoms with Gasteiger partial charge in [-0.05, 0) is 42.0 Å². The molecule has 0 aliphatic carbocycles. The number of hydrogen-bond acceptors (Lipinski definition) is 4. The van der Waals surface area contributed by atoms with Crippen molar-refractivity contribution in [2.45, 2.75) is 6.61 Å². The van der Waals surface area contributed by atoms with E-state index in [9.17, 15) is 4.79 Å². The van der Waals surface area contributed by atoms with Crippen molar-refractivity contribution in [3.8, 4) is 5.75 Å². The lowest BCUT2D eigenvalue weighted by molar-refractivity contribution is -0.119. The lowest BCUT2D eigenvalue weighted by atomic mass is 10.2. The molecule has 0 unspecified atom stereocenters. The van der Waals surface area contributed by atoms with Crippen molar-refractivity contribution < 1.29 is 9.53 Å². The van der Waals surface area contributed by atoms with Crippen molar-refractivity contribution >= 4 is 33.7 Å². The van der Waals surface area contributed by atoms with Gasteiger partial charge in [0.15, 0.2) is 0 Å². The Morgan fingerprint density at radius 2 is 1.68 bits per heavy atom. The molecule has 0 radical (unpaired) electrons. The van der Waals surface area contributed by atoms with Gasteiger partial charge in [-0.1, -0.05) is 58.4 Å². The van der Waals surface area contributed by atoms with Crippen molar-refractivity contribution in [2.24, 2.45) is 5.10 Å². The Labute approximate surface area is 172 Å². The minimum atomic E-state index is -0.234. The van der Waals surface area contributed by atoms with Gasteiger partial charge in [0.05, 0.1) is 12.8 Å². The second-order valence-electron chi connectivity index (χ2n) is 5.97. The van der Waals surface area contributed by atoms with Gasteiger partial charge in [-0.25, -0.2) is 5.43 Å². The lowest BCUT2D eigenvalue weighted by Gasteiger charge is -2.09. The summed E-state index contributed by atoms with van der Waals surface area (Å²) in [6.07, 6.45) is 1.58. The topological polar surface area (TPSA) is 62.7 Å². The molecule has 0 aromatic heterocycles. The van der Waals surface area contributed by atoms with Crippen LogP contribution in [0.25, 0.3) is 0 Å². The Morgan fingerprint density at radius 1 is 0.964 bits per heavy atom. The fourth-order valence-electron chi connectivity index (χ4n) is 2.42. The van der Waals surface area contributed by atoms with E-state index in [0.717, 1.165) is 21.3 Å². The van der Waals surface area contributed by atoms with Crippen LogP contribution >= 0.6 is 15.9 Å². The summed E-state index contributed by atoms with van der Waals surface area (Å²) in [5, 5.41) is 7.07. The fraction of sp³-hybridized carbons (Fsp3) is 0.0909. The molecule has 2 N–H and O–H groups in total. The molecule has 3 aromatic carbocycles. The highest BCUT2D eigenvalue weighted by Gasteiger charge is 2.03. The number of carbonyl (C=O) groups is 1. The first kappa shape index (κ1) is 19.6. The van der Waals surface area contributed by atoms with E-state index in [1.807, 2.05) is 78.9 Å². The molecule has 6 heteroatoms. The summed E-state index contributed by atoms with van der Waals surface area (Å²) in [6.45, 7) is 0.598. The largest absolute Gasteiger partial charge is 0.488 e. The first-order chi connectivity index (χ1) is 13.7. The van der Waals surface area contributed by atoms with E-state index in [4.69, 9.17) is 4.74 Å². The standard InChI is InChI=1S/C22H20BrN3O2/c23-19-10-12-20(13-11-19)24-15-22(27)26-25-14-18-8-4-5-9-21(18)28-16-17-6-2-1-3-7-17/h1-14,24H,15-16H2,(H,26,27)/b25-14+. The van der Waals surface area contributed by atoms with Gasteiger partial charge in [0.2, 0.25) is 0 Å². The number of para-hydroxylation sites is 1. The van der Waals surface area contributed by atoms with Crippen LogP contribution in [-0.4, -0.2) is 18.7 Å². The van der Waals surface area contributed by atoms with Gasteiger partial charge < -0.3 is 10.1 Å². The van der Waals surface area contributed by atoms with Crippen molar-refractivity contribution in [1.82, 2.24) is 5.43 Å². The van der Waals surface area contributed by atoms with E-state index in [1.165, 1.54) is 0 Å². The third kappa shape index (κ3) is 6.25. The second-order valence-corrected chi connectivity index (χ2v) is 6.88.